The van der Waals surface area contributed by atoms with Gasteiger partial charge in [0.15, 0.2) is 0 Å². The Labute approximate surface area is 237 Å². The van der Waals surface area contributed by atoms with Crippen LogP contribution in [0.5, 0.6) is 5.75 Å². The monoisotopic (exact) mass is 618 g/mol. The number of piperidine rings is 1. The first kappa shape index (κ1) is 29.4. The van der Waals surface area contributed by atoms with Gasteiger partial charge in [-0.3, -0.25) is 9.48 Å². The minimum Gasteiger partial charge on any atom is -0.382 e. The first-order chi connectivity index (χ1) is 19.5. The molecule has 10 nitrogen and oxygen atoms in total. The van der Waals surface area contributed by atoms with Gasteiger partial charge in [0, 0.05) is 30.0 Å². The molecule has 0 radical (unpaired) electrons. The van der Waals surface area contributed by atoms with Crippen LogP contribution in [0.3, 0.4) is 0 Å². The zero-order valence-corrected chi connectivity index (χ0v) is 23.3. The number of rotatable bonds is 8. The van der Waals surface area contributed by atoms with E-state index >= 15 is 0 Å². The number of aromatic nitrogens is 3. The quantitative estimate of drug-likeness (QED) is 0.264. The van der Waals surface area contributed by atoms with Crippen LogP contribution in [0, 0.1) is 0 Å². The van der Waals surface area contributed by atoms with Crippen molar-refractivity contribution in [1.29, 1.82) is 0 Å². The SMILES string of the molecule is CS(=O)(=O)Oc1cccc2c1COC(c1csc(C3CCN(C(=O)Cn4nc(C(F)F)cc4C(F)F)CC3)n1)OC2. The van der Waals surface area contributed by atoms with Crippen molar-refractivity contribution in [3.63, 3.8) is 0 Å². The highest BCUT2D eigenvalue weighted by Crippen LogP contribution is 2.36. The first-order valence-electron chi connectivity index (χ1n) is 12.6. The number of amides is 1. The average Bonchev–Trinajstić information content (AvgIpc) is 3.51. The van der Waals surface area contributed by atoms with Gasteiger partial charge in [-0.15, -0.1) is 11.3 Å². The molecule has 0 bridgehead atoms. The van der Waals surface area contributed by atoms with Crippen LogP contribution in [-0.4, -0.2) is 53.3 Å². The molecule has 2 aromatic heterocycles. The molecule has 0 spiro atoms. The zero-order chi connectivity index (χ0) is 29.3. The summed E-state index contributed by atoms with van der Waals surface area (Å²) in [6.07, 6.45) is -4.72. The molecular formula is C25H26F4N4O6S2. The number of alkyl halides is 4. The van der Waals surface area contributed by atoms with Crippen LogP contribution in [0.25, 0.3) is 0 Å². The van der Waals surface area contributed by atoms with E-state index in [0.29, 0.717) is 47.9 Å². The summed E-state index contributed by atoms with van der Waals surface area (Å²) in [7, 11) is -3.72. The third-order valence-corrected chi connectivity index (χ3v) is 8.29. The van der Waals surface area contributed by atoms with E-state index in [2.05, 4.69) is 5.10 Å². The molecule has 4 heterocycles. The Morgan fingerprint density at radius 3 is 2.56 bits per heavy atom. The molecule has 1 saturated heterocycles. The van der Waals surface area contributed by atoms with Crippen LogP contribution in [0.15, 0.2) is 29.6 Å². The van der Waals surface area contributed by atoms with Crippen molar-refractivity contribution < 1.29 is 44.4 Å². The Kier molecular flexibility index (Phi) is 8.63. The van der Waals surface area contributed by atoms with Gasteiger partial charge < -0.3 is 18.6 Å². The summed E-state index contributed by atoms with van der Waals surface area (Å²) in [5, 5.41) is 6.14. The van der Waals surface area contributed by atoms with E-state index in [1.807, 2.05) is 5.38 Å². The average molecular weight is 619 g/mol. The maximum Gasteiger partial charge on any atom is 0.306 e. The molecule has 1 fully saturated rings. The predicted molar refractivity (Wildman–Crippen MR) is 137 cm³/mol. The van der Waals surface area contributed by atoms with Gasteiger partial charge in [-0.25, -0.2) is 22.5 Å². The first-order valence-corrected chi connectivity index (χ1v) is 15.3. The summed E-state index contributed by atoms with van der Waals surface area (Å²) >= 11 is 1.43. The van der Waals surface area contributed by atoms with Crippen molar-refractivity contribution in [1.82, 2.24) is 19.7 Å². The number of nitrogens with zero attached hydrogens (tertiary/aromatic N) is 4. The van der Waals surface area contributed by atoms with Gasteiger partial charge in [-0.05, 0) is 30.5 Å². The summed E-state index contributed by atoms with van der Waals surface area (Å²) in [5.41, 5.74) is 0.370. The molecule has 2 aliphatic rings. The maximum atomic E-state index is 13.3. The Hall–Kier alpha value is -3.08. The van der Waals surface area contributed by atoms with E-state index in [1.54, 1.807) is 18.2 Å². The maximum absolute atomic E-state index is 13.3. The molecule has 5 rings (SSSR count). The number of hydrogen-bond donors (Lipinski definition) is 0. The standard InChI is InChI=1S/C25H26F4N4O6S2/c1-41(35,36)39-20-4-2-3-15-11-37-25(38-12-16(15)20)18-13-40-24(30-18)14-5-7-32(8-6-14)21(34)10-33-19(23(28)29)9-17(31-33)22(26)27/h2-4,9,13-14,22-23,25H,5-8,10-12H2,1H3. The van der Waals surface area contributed by atoms with Crippen molar-refractivity contribution >= 4 is 27.4 Å². The fourth-order valence-corrected chi connectivity index (χ4v) is 6.23. The molecule has 222 valence electrons. The molecule has 1 unspecified atom stereocenters. The zero-order valence-electron chi connectivity index (χ0n) is 21.7. The minimum atomic E-state index is -3.72. The lowest BCUT2D eigenvalue weighted by Crippen LogP contribution is -2.40. The molecule has 0 aliphatic carbocycles. The molecule has 2 aliphatic heterocycles. The molecule has 41 heavy (non-hydrogen) atoms. The third kappa shape index (κ3) is 6.88. The van der Waals surface area contributed by atoms with Crippen LogP contribution in [0.4, 0.5) is 17.6 Å². The van der Waals surface area contributed by atoms with E-state index in [0.717, 1.165) is 16.8 Å². The van der Waals surface area contributed by atoms with E-state index in [9.17, 15) is 30.8 Å². The highest BCUT2D eigenvalue weighted by Gasteiger charge is 2.30. The highest BCUT2D eigenvalue weighted by atomic mass is 32.2. The fraction of sp³-hybridized carbons (Fsp3) is 0.480. The van der Waals surface area contributed by atoms with E-state index in [4.69, 9.17) is 18.6 Å². The lowest BCUT2D eigenvalue weighted by atomic mass is 9.97. The lowest BCUT2D eigenvalue weighted by molar-refractivity contribution is -0.155. The minimum absolute atomic E-state index is 0.0438. The highest BCUT2D eigenvalue weighted by molar-refractivity contribution is 7.86. The van der Waals surface area contributed by atoms with Gasteiger partial charge >= 0.3 is 10.1 Å². The Bertz CT molecular complexity index is 1510. The van der Waals surface area contributed by atoms with Gasteiger partial charge in [0.25, 0.3) is 12.9 Å². The number of halogens is 4. The van der Waals surface area contributed by atoms with Crippen LogP contribution < -0.4 is 4.18 Å². The van der Waals surface area contributed by atoms with Crippen molar-refractivity contribution in [2.24, 2.45) is 0 Å². The number of ether oxygens (including phenoxy) is 2. The Balaban J connectivity index is 1.18. The summed E-state index contributed by atoms with van der Waals surface area (Å²) in [6.45, 7) is 0.368. The van der Waals surface area contributed by atoms with Crippen molar-refractivity contribution in [2.45, 2.75) is 57.7 Å². The van der Waals surface area contributed by atoms with Gasteiger partial charge in [0.1, 0.15) is 29.4 Å². The number of thiazole rings is 1. The second-order valence-corrected chi connectivity index (χ2v) is 12.1. The van der Waals surface area contributed by atoms with E-state index in [-0.39, 0.29) is 24.9 Å². The van der Waals surface area contributed by atoms with Crippen LogP contribution in [0.2, 0.25) is 0 Å². The predicted octanol–water partition coefficient (Wildman–Crippen LogP) is 4.71. The second kappa shape index (κ2) is 12.0. The number of fused-ring (bicyclic) bond motifs is 1. The number of hydrogen-bond acceptors (Lipinski definition) is 9. The smallest absolute Gasteiger partial charge is 0.306 e. The molecule has 0 N–H and O–H groups in total. The normalized spacial score (nSPS) is 18.5. The summed E-state index contributed by atoms with van der Waals surface area (Å²) < 4.78 is 93.2. The third-order valence-electron chi connectivity index (χ3n) is 6.78. The molecule has 16 heteroatoms. The van der Waals surface area contributed by atoms with Crippen LogP contribution in [0.1, 0.15) is 71.1 Å². The topological polar surface area (TPSA) is 113 Å². The van der Waals surface area contributed by atoms with Gasteiger partial charge in [-0.2, -0.15) is 13.5 Å². The molecule has 1 amide bonds. The summed E-state index contributed by atoms with van der Waals surface area (Å²) in [6, 6.07) is 5.65. The molecule has 1 aromatic carbocycles. The van der Waals surface area contributed by atoms with Crippen molar-refractivity contribution in [3.05, 3.63) is 62.9 Å². The van der Waals surface area contributed by atoms with Gasteiger partial charge in [-0.1, -0.05) is 12.1 Å². The molecule has 1 atom stereocenters. The number of carbonyl (C=O) groups is 1. The summed E-state index contributed by atoms with van der Waals surface area (Å²) in [5.74, 6) is -0.252. The largest absolute Gasteiger partial charge is 0.382 e. The van der Waals surface area contributed by atoms with E-state index < -0.39 is 53.1 Å². The van der Waals surface area contributed by atoms with Gasteiger partial charge in [0.2, 0.25) is 12.2 Å². The second-order valence-electron chi connectivity index (χ2n) is 9.65. The number of likely N-dealkylation sites (tertiary alicyclic amines) is 1. The Morgan fingerprint density at radius 1 is 1.15 bits per heavy atom. The molecule has 0 saturated carbocycles. The van der Waals surface area contributed by atoms with E-state index in [1.165, 1.54) is 16.2 Å². The lowest BCUT2D eigenvalue weighted by Gasteiger charge is -2.31. The molecular weight excluding hydrogens is 592 g/mol. The van der Waals surface area contributed by atoms with Crippen LogP contribution >= 0.6 is 11.3 Å². The van der Waals surface area contributed by atoms with Gasteiger partial charge in [0.05, 0.1) is 24.5 Å². The van der Waals surface area contributed by atoms with Crippen molar-refractivity contribution in [2.75, 3.05) is 19.3 Å². The number of benzene rings is 1. The molecule has 3 aromatic rings. The van der Waals surface area contributed by atoms with Crippen molar-refractivity contribution in [3.8, 4) is 5.75 Å². The van der Waals surface area contributed by atoms with Crippen LogP contribution in [-0.2, 0) is 44.1 Å². The Morgan fingerprint density at radius 2 is 1.88 bits per heavy atom. The number of carbonyl (C=O) groups excluding carboxylic acids is 1. The summed E-state index contributed by atoms with van der Waals surface area (Å²) in [4.78, 5) is 19.0. The fourth-order valence-electron chi connectivity index (χ4n) is 4.76.